The molecule has 2 aliphatic rings. The van der Waals surface area contributed by atoms with E-state index in [0.717, 1.165) is 54.5 Å². The molecule has 224 valence electrons. The van der Waals surface area contributed by atoms with Crippen molar-refractivity contribution in [3.63, 3.8) is 0 Å². The van der Waals surface area contributed by atoms with Gasteiger partial charge in [-0.2, -0.15) is 5.10 Å². The Hall–Kier alpha value is -5.23. The summed E-state index contributed by atoms with van der Waals surface area (Å²) in [6, 6.07) is 17.6. The van der Waals surface area contributed by atoms with Gasteiger partial charge in [0.1, 0.15) is 29.4 Å². The van der Waals surface area contributed by atoms with Crippen LogP contribution < -0.4 is 26.0 Å². The Morgan fingerprint density at radius 2 is 1.77 bits per heavy atom. The van der Waals surface area contributed by atoms with Gasteiger partial charge in [0, 0.05) is 56.5 Å². The average molecular weight is 591 g/mol. The van der Waals surface area contributed by atoms with Crippen molar-refractivity contribution >= 4 is 34.3 Å². The van der Waals surface area contributed by atoms with Crippen molar-refractivity contribution in [2.45, 2.75) is 12.0 Å². The fourth-order valence-corrected chi connectivity index (χ4v) is 6.51. The number of anilines is 3. The first kappa shape index (κ1) is 27.6. The van der Waals surface area contributed by atoms with Crippen LogP contribution in [0.4, 0.5) is 17.3 Å². The standard InChI is InChI=1S/C32H34N10O2/c1-39-12-14-41(15-13-39)26-11-9-22(18-35-26)42-30-27(29(33)36-19-37-30)28(38-42)20-8-10-23(25(16-20)44-3)32(31(34)43)17-21-6-4-5-7-24(21)40(32)2/h4-11,16,18-19H,12-15,17H2,1-3H3,(H2,34,43)(H2,33,36,37). The molecule has 12 nitrogen and oxygen atoms in total. The molecule has 1 unspecified atom stereocenters. The molecule has 2 aromatic carbocycles. The minimum Gasteiger partial charge on any atom is -0.496 e. The Morgan fingerprint density at radius 3 is 2.48 bits per heavy atom. The molecule has 0 saturated carbocycles. The highest BCUT2D eigenvalue weighted by molar-refractivity contribution is 6.00. The molecule has 1 atom stereocenters. The number of primary amides is 1. The second-order valence-corrected chi connectivity index (χ2v) is 11.4. The maximum atomic E-state index is 13.2. The van der Waals surface area contributed by atoms with Crippen LogP contribution in [0.2, 0.25) is 0 Å². The van der Waals surface area contributed by atoms with Gasteiger partial charge in [0.2, 0.25) is 5.91 Å². The number of amides is 1. The molecule has 2 aliphatic heterocycles. The minimum absolute atomic E-state index is 0.306. The summed E-state index contributed by atoms with van der Waals surface area (Å²) in [6.07, 6.45) is 3.66. The van der Waals surface area contributed by atoms with Crippen molar-refractivity contribution in [2.75, 3.05) is 62.9 Å². The van der Waals surface area contributed by atoms with Gasteiger partial charge in [-0.05, 0) is 36.9 Å². The average Bonchev–Trinajstić information content (AvgIpc) is 3.59. The third-order valence-electron chi connectivity index (χ3n) is 9.00. The quantitative estimate of drug-likeness (QED) is 0.303. The number of hydrogen-bond acceptors (Lipinski definition) is 10. The van der Waals surface area contributed by atoms with E-state index in [1.807, 2.05) is 66.5 Å². The third-order valence-corrected chi connectivity index (χ3v) is 9.00. The van der Waals surface area contributed by atoms with Gasteiger partial charge in [0.15, 0.2) is 11.2 Å². The van der Waals surface area contributed by atoms with E-state index in [1.54, 1.807) is 18.0 Å². The Kier molecular flexibility index (Phi) is 6.58. The number of rotatable bonds is 6. The Balaban J connectivity index is 1.30. The van der Waals surface area contributed by atoms with Crippen molar-refractivity contribution in [2.24, 2.45) is 5.73 Å². The SMILES string of the molecule is COc1cc(-c2nn(-c3ccc(N4CCN(C)CC4)nc3)c3ncnc(N)c23)ccc1C1(C(N)=O)Cc2ccccc2N1C. The topological polar surface area (TPSA) is 145 Å². The number of para-hydroxylation sites is 1. The number of methoxy groups -OCH3 is 1. The van der Waals surface area contributed by atoms with Gasteiger partial charge in [0.25, 0.3) is 0 Å². The van der Waals surface area contributed by atoms with Gasteiger partial charge in [-0.3, -0.25) is 4.79 Å². The molecule has 12 heteroatoms. The summed E-state index contributed by atoms with van der Waals surface area (Å²) in [4.78, 5) is 33.3. The molecule has 0 bridgehead atoms. The molecular formula is C32H34N10O2. The molecule has 7 rings (SSSR count). The normalized spacial score (nSPS) is 18.5. The summed E-state index contributed by atoms with van der Waals surface area (Å²) >= 11 is 0. The second-order valence-electron chi connectivity index (χ2n) is 11.4. The summed E-state index contributed by atoms with van der Waals surface area (Å²) in [6.45, 7) is 3.86. The van der Waals surface area contributed by atoms with Crippen LogP contribution in [0.1, 0.15) is 11.1 Å². The number of benzene rings is 2. The van der Waals surface area contributed by atoms with Gasteiger partial charge in [-0.15, -0.1) is 0 Å². The summed E-state index contributed by atoms with van der Waals surface area (Å²) in [5.74, 6) is 1.29. The fourth-order valence-electron chi connectivity index (χ4n) is 6.51. The van der Waals surface area contributed by atoms with E-state index in [0.29, 0.717) is 40.3 Å². The van der Waals surface area contributed by atoms with E-state index < -0.39 is 11.4 Å². The van der Waals surface area contributed by atoms with Crippen molar-refractivity contribution in [3.05, 3.63) is 78.2 Å². The zero-order valence-corrected chi connectivity index (χ0v) is 24.9. The number of carbonyl (C=O) groups excluding carboxylic acids is 1. The second kappa shape index (κ2) is 10.5. The number of piperazine rings is 1. The van der Waals surface area contributed by atoms with Gasteiger partial charge in [0.05, 0.1) is 24.4 Å². The van der Waals surface area contributed by atoms with E-state index in [2.05, 4.69) is 26.8 Å². The maximum Gasteiger partial charge on any atom is 0.248 e. The molecule has 44 heavy (non-hydrogen) atoms. The molecule has 5 heterocycles. The number of likely N-dealkylation sites (N-methyl/N-ethyl adjacent to an activating group) is 2. The van der Waals surface area contributed by atoms with E-state index in [-0.39, 0.29) is 0 Å². The lowest BCUT2D eigenvalue weighted by molar-refractivity contribution is -0.123. The van der Waals surface area contributed by atoms with Gasteiger partial charge in [-0.1, -0.05) is 30.3 Å². The lowest BCUT2D eigenvalue weighted by atomic mass is 9.84. The van der Waals surface area contributed by atoms with Crippen LogP contribution in [0.25, 0.3) is 28.0 Å². The number of nitrogens with two attached hydrogens (primary N) is 2. The summed E-state index contributed by atoms with van der Waals surface area (Å²) in [5.41, 5.74) is 16.7. The predicted octanol–water partition coefficient (Wildman–Crippen LogP) is 2.59. The zero-order valence-electron chi connectivity index (χ0n) is 24.9. The number of pyridine rings is 1. The summed E-state index contributed by atoms with van der Waals surface area (Å²) in [5, 5.41) is 5.57. The minimum atomic E-state index is -1.12. The van der Waals surface area contributed by atoms with E-state index in [9.17, 15) is 4.79 Å². The number of carbonyl (C=O) groups is 1. The third kappa shape index (κ3) is 4.21. The zero-order chi connectivity index (χ0) is 30.6. The first-order valence-corrected chi connectivity index (χ1v) is 14.5. The highest BCUT2D eigenvalue weighted by Crippen LogP contribution is 2.47. The number of ether oxygens (including phenoxy) is 1. The molecule has 0 radical (unpaired) electrons. The predicted molar refractivity (Wildman–Crippen MR) is 170 cm³/mol. The van der Waals surface area contributed by atoms with Crippen molar-refractivity contribution in [1.82, 2.24) is 29.6 Å². The molecule has 0 spiro atoms. The van der Waals surface area contributed by atoms with Crippen molar-refractivity contribution in [1.29, 1.82) is 0 Å². The number of fused-ring (bicyclic) bond motifs is 2. The highest BCUT2D eigenvalue weighted by Gasteiger charge is 2.50. The Morgan fingerprint density at radius 1 is 0.977 bits per heavy atom. The molecule has 1 amide bonds. The van der Waals surface area contributed by atoms with E-state index in [4.69, 9.17) is 26.3 Å². The molecule has 5 aromatic rings. The lowest BCUT2D eigenvalue weighted by Crippen LogP contribution is -2.52. The van der Waals surface area contributed by atoms with E-state index >= 15 is 0 Å². The molecule has 1 fully saturated rings. The number of nitrogen functional groups attached to an aromatic ring is 1. The van der Waals surface area contributed by atoms with Crippen LogP contribution in [-0.2, 0) is 16.8 Å². The molecule has 0 aliphatic carbocycles. The number of aromatic nitrogens is 5. The summed E-state index contributed by atoms with van der Waals surface area (Å²) in [7, 11) is 5.61. The maximum absolute atomic E-state index is 13.2. The number of hydrogen-bond donors (Lipinski definition) is 2. The smallest absolute Gasteiger partial charge is 0.248 e. The number of nitrogens with zero attached hydrogens (tertiary/aromatic N) is 8. The van der Waals surface area contributed by atoms with Gasteiger partial charge in [-0.25, -0.2) is 19.6 Å². The van der Waals surface area contributed by atoms with Crippen LogP contribution in [0.3, 0.4) is 0 Å². The lowest BCUT2D eigenvalue weighted by Gasteiger charge is -2.36. The Labute approximate surface area is 254 Å². The van der Waals surface area contributed by atoms with Gasteiger partial charge >= 0.3 is 0 Å². The Bertz CT molecular complexity index is 1880. The molecule has 4 N–H and O–H groups in total. The monoisotopic (exact) mass is 590 g/mol. The van der Waals surface area contributed by atoms with Gasteiger partial charge < -0.3 is 30.9 Å². The van der Waals surface area contributed by atoms with Crippen molar-refractivity contribution in [3.8, 4) is 22.7 Å². The first-order chi connectivity index (χ1) is 21.3. The van der Waals surface area contributed by atoms with E-state index in [1.165, 1.54) is 6.33 Å². The van der Waals surface area contributed by atoms with Crippen LogP contribution in [0, 0.1) is 0 Å². The van der Waals surface area contributed by atoms with Crippen molar-refractivity contribution < 1.29 is 9.53 Å². The fraction of sp³-hybridized carbons (Fsp3) is 0.281. The van der Waals surface area contributed by atoms with Crippen LogP contribution in [0.5, 0.6) is 5.75 Å². The van der Waals surface area contributed by atoms with Crippen LogP contribution in [0.15, 0.2) is 67.1 Å². The summed E-state index contributed by atoms with van der Waals surface area (Å²) < 4.78 is 7.64. The highest BCUT2D eigenvalue weighted by atomic mass is 16.5. The molecular weight excluding hydrogens is 556 g/mol. The molecule has 1 saturated heterocycles. The van der Waals surface area contributed by atoms with Crippen LogP contribution in [-0.4, -0.2) is 82.9 Å². The molecule has 3 aromatic heterocycles. The largest absolute Gasteiger partial charge is 0.496 e. The first-order valence-electron chi connectivity index (χ1n) is 14.5. The van der Waals surface area contributed by atoms with Crippen LogP contribution >= 0.6 is 0 Å².